The minimum Gasteiger partial charge on any atom is -0.381 e. The van der Waals surface area contributed by atoms with E-state index in [1.54, 1.807) is 0 Å². The molecule has 0 atom stereocenters. The predicted octanol–water partition coefficient (Wildman–Crippen LogP) is 13.4. The molecule has 2 saturated heterocycles. The number of nitrogens with zero attached hydrogens (tertiary/aromatic N) is 4. The van der Waals surface area contributed by atoms with Crippen LogP contribution in [0.15, 0.2) is 133 Å². The van der Waals surface area contributed by atoms with E-state index in [4.69, 9.17) is 38.4 Å². The Balaban J connectivity index is 0.912. The quantitative estimate of drug-likeness (QED) is 0.0553. The molecule has 71 heavy (non-hydrogen) atoms. The summed E-state index contributed by atoms with van der Waals surface area (Å²) in [6.45, 7) is 13.4. The molecular weight excluding hydrogens is 885 g/mol. The summed E-state index contributed by atoms with van der Waals surface area (Å²) in [5, 5.41) is 5.61. The van der Waals surface area contributed by atoms with Gasteiger partial charge in [-0.15, -0.1) is 0 Å². The van der Waals surface area contributed by atoms with Crippen molar-refractivity contribution in [3.05, 3.63) is 145 Å². The molecule has 0 bridgehead atoms. The van der Waals surface area contributed by atoms with Crippen LogP contribution in [-0.2, 0) is 41.6 Å². The first-order valence-corrected chi connectivity index (χ1v) is 25.9. The van der Waals surface area contributed by atoms with E-state index in [1.165, 1.54) is 5.39 Å². The second-order valence-corrected chi connectivity index (χ2v) is 20.3. The van der Waals surface area contributed by atoms with E-state index < -0.39 is 0 Å². The van der Waals surface area contributed by atoms with Crippen molar-refractivity contribution in [2.75, 3.05) is 66.1 Å². The number of hydrogen-bond acceptors (Lipinski definition) is 8. The van der Waals surface area contributed by atoms with Gasteiger partial charge < -0.3 is 33.0 Å². The molecule has 11 rings (SSSR count). The number of aromatic nitrogens is 4. The average Bonchev–Trinajstić information content (AvgIpc) is 3.88. The number of fused-ring (bicyclic) bond motifs is 7. The lowest BCUT2D eigenvalue weighted by atomic mass is 9.84. The fourth-order valence-corrected chi connectivity index (χ4v) is 10.3. The van der Waals surface area contributed by atoms with Gasteiger partial charge in [0.15, 0.2) is 0 Å². The maximum atomic E-state index is 6.35. The zero-order valence-corrected chi connectivity index (χ0v) is 41.4. The Morgan fingerprint density at radius 2 is 1.03 bits per heavy atom. The fourth-order valence-electron chi connectivity index (χ4n) is 10.3. The summed E-state index contributed by atoms with van der Waals surface area (Å²) in [4.78, 5) is 10.8. The van der Waals surface area contributed by atoms with Gasteiger partial charge in [0.1, 0.15) is 0 Å². The van der Waals surface area contributed by atoms with Gasteiger partial charge in [0.2, 0.25) is 5.95 Å². The molecule has 0 saturated carbocycles. The van der Waals surface area contributed by atoms with Crippen LogP contribution < -0.4 is 0 Å². The maximum absolute atomic E-state index is 6.35. The van der Waals surface area contributed by atoms with Crippen LogP contribution >= 0.6 is 0 Å². The van der Waals surface area contributed by atoms with Crippen LogP contribution in [0.5, 0.6) is 0 Å². The SMILES string of the molecule is CCC1(COCCCCCOCc2ccc3c(c2)c2cc4c(cc2n3-c2nc(-c3ccccc3)c3ccccc3n2)c2cc(COCCCCCOCC3(C)COC3)ccc2n4-c2ccccc2)COC1. The van der Waals surface area contributed by atoms with Crippen molar-refractivity contribution in [2.45, 2.75) is 72.0 Å². The summed E-state index contributed by atoms with van der Waals surface area (Å²) >= 11 is 0. The average molecular weight is 951 g/mol. The minimum atomic E-state index is 0.195. The lowest BCUT2D eigenvalue weighted by Crippen LogP contribution is -2.45. The molecule has 6 aromatic carbocycles. The second kappa shape index (κ2) is 21.4. The van der Waals surface area contributed by atoms with Crippen LogP contribution in [0.2, 0.25) is 0 Å². The molecule has 9 aromatic rings. The lowest BCUT2D eigenvalue weighted by molar-refractivity contribution is -0.150. The van der Waals surface area contributed by atoms with Gasteiger partial charge in [0, 0.05) is 75.4 Å². The molecule has 10 nitrogen and oxygen atoms in total. The first-order valence-electron chi connectivity index (χ1n) is 25.9. The van der Waals surface area contributed by atoms with Gasteiger partial charge in [0.25, 0.3) is 0 Å². The largest absolute Gasteiger partial charge is 0.381 e. The summed E-state index contributed by atoms with van der Waals surface area (Å²) in [5.74, 6) is 0.635. The van der Waals surface area contributed by atoms with Crippen molar-refractivity contribution in [1.82, 2.24) is 19.1 Å². The molecule has 2 aliphatic heterocycles. The number of rotatable bonds is 24. The Labute approximate surface area is 416 Å². The minimum absolute atomic E-state index is 0.195. The standard InChI is InChI=1S/C61H66N4O6/c1-3-61(42-71-43-61)41-69-31-17-7-15-29-67-37-45-25-27-55-50(33-45)52-34-56-51(35-57(52)65(55)59-62-53-23-13-12-22-48(53)58(63-59)46-18-8-4-9-19-46)49-32-44(24-26-54(49)64(56)47-20-10-5-11-21-47)36-66-28-14-6-16-30-68-38-60(2)39-70-40-60/h4-5,8-13,18-27,32-35H,3,6-7,14-17,28-31,36-43H2,1-2H3. The monoisotopic (exact) mass is 950 g/mol. The number of para-hydroxylation sites is 2. The highest BCUT2D eigenvalue weighted by Gasteiger charge is 2.37. The van der Waals surface area contributed by atoms with E-state index >= 15 is 0 Å². The van der Waals surface area contributed by atoms with Gasteiger partial charge in [-0.3, -0.25) is 4.57 Å². The molecule has 10 heteroatoms. The smallest absolute Gasteiger partial charge is 0.235 e. The summed E-state index contributed by atoms with van der Waals surface area (Å²) in [6.07, 6.45) is 7.34. The molecule has 0 spiro atoms. The molecule has 5 heterocycles. The van der Waals surface area contributed by atoms with E-state index in [-0.39, 0.29) is 10.8 Å². The van der Waals surface area contributed by atoms with E-state index in [2.05, 4.69) is 150 Å². The molecule has 2 aliphatic rings. The molecule has 366 valence electrons. The summed E-state index contributed by atoms with van der Waals surface area (Å²) in [5.41, 5.74) is 11.1. The third kappa shape index (κ3) is 10.1. The third-order valence-corrected chi connectivity index (χ3v) is 14.7. The number of unbranched alkanes of at least 4 members (excludes halogenated alkanes) is 4. The van der Waals surface area contributed by atoms with Crippen LogP contribution in [0, 0.1) is 10.8 Å². The third-order valence-electron chi connectivity index (χ3n) is 14.7. The van der Waals surface area contributed by atoms with Crippen molar-refractivity contribution in [3.63, 3.8) is 0 Å². The Morgan fingerprint density at radius 1 is 0.493 bits per heavy atom. The van der Waals surface area contributed by atoms with Crippen molar-refractivity contribution in [2.24, 2.45) is 10.8 Å². The van der Waals surface area contributed by atoms with Gasteiger partial charge in [-0.2, -0.15) is 0 Å². The summed E-state index contributed by atoms with van der Waals surface area (Å²) < 4.78 is 40.2. The normalized spacial score (nSPS) is 15.3. The Hall–Kier alpha value is -5.98. The van der Waals surface area contributed by atoms with Gasteiger partial charge in [-0.25, -0.2) is 9.97 Å². The Morgan fingerprint density at radius 3 is 1.62 bits per heavy atom. The molecule has 0 radical (unpaired) electrons. The Bertz CT molecular complexity index is 3240. The molecule has 3 aromatic heterocycles. The van der Waals surface area contributed by atoms with Crippen LogP contribution in [0.1, 0.15) is 69.9 Å². The van der Waals surface area contributed by atoms with Gasteiger partial charge in [-0.05, 0) is 111 Å². The molecule has 0 amide bonds. The van der Waals surface area contributed by atoms with Crippen LogP contribution in [0.3, 0.4) is 0 Å². The lowest BCUT2D eigenvalue weighted by Gasteiger charge is -2.40. The highest BCUT2D eigenvalue weighted by molar-refractivity contribution is 6.19. The first-order chi connectivity index (χ1) is 35.0. The van der Waals surface area contributed by atoms with Crippen molar-refractivity contribution in [1.29, 1.82) is 0 Å². The van der Waals surface area contributed by atoms with Crippen LogP contribution in [0.4, 0.5) is 0 Å². The molecule has 0 aliphatic carbocycles. The number of benzene rings is 6. The summed E-state index contributed by atoms with van der Waals surface area (Å²) in [7, 11) is 0. The fraction of sp³-hybridized carbons (Fsp3) is 0.377. The van der Waals surface area contributed by atoms with Crippen LogP contribution in [-0.4, -0.2) is 85.2 Å². The van der Waals surface area contributed by atoms with Crippen LogP contribution in [0.25, 0.3) is 77.4 Å². The summed E-state index contributed by atoms with van der Waals surface area (Å²) in [6, 6.07) is 47.8. The first kappa shape index (κ1) is 47.4. The van der Waals surface area contributed by atoms with Gasteiger partial charge in [0.05, 0.1) is 86.1 Å². The van der Waals surface area contributed by atoms with Crippen molar-refractivity contribution < 1.29 is 28.4 Å². The zero-order valence-electron chi connectivity index (χ0n) is 41.4. The predicted molar refractivity (Wildman–Crippen MR) is 285 cm³/mol. The highest BCUT2D eigenvalue weighted by atomic mass is 16.5. The number of hydrogen-bond donors (Lipinski definition) is 0. The molecule has 2 fully saturated rings. The number of ether oxygens (including phenoxy) is 6. The van der Waals surface area contributed by atoms with E-state index in [0.29, 0.717) is 32.4 Å². The van der Waals surface area contributed by atoms with Gasteiger partial charge in [-0.1, -0.05) is 92.7 Å². The zero-order chi connectivity index (χ0) is 48.0. The van der Waals surface area contributed by atoms with Crippen molar-refractivity contribution in [3.8, 4) is 22.9 Å². The molecule has 0 N–H and O–H groups in total. The maximum Gasteiger partial charge on any atom is 0.235 e. The Kier molecular flexibility index (Phi) is 14.3. The van der Waals surface area contributed by atoms with E-state index in [1.807, 2.05) is 6.07 Å². The molecular formula is C61H66N4O6. The van der Waals surface area contributed by atoms with E-state index in [9.17, 15) is 0 Å². The second-order valence-electron chi connectivity index (χ2n) is 20.3. The van der Waals surface area contributed by atoms with Gasteiger partial charge >= 0.3 is 0 Å². The topological polar surface area (TPSA) is 91.0 Å². The van der Waals surface area contributed by atoms with E-state index in [0.717, 1.165) is 175 Å². The highest BCUT2D eigenvalue weighted by Crippen LogP contribution is 2.41. The molecule has 0 unspecified atom stereocenters. The van der Waals surface area contributed by atoms with Crippen molar-refractivity contribution >= 4 is 54.5 Å².